The molecule has 4 aromatic rings. The molecule has 40 heavy (non-hydrogen) atoms. The van der Waals surface area contributed by atoms with Crippen LogP contribution in [0.1, 0.15) is 30.0 Å². The van der Waals surface area contributed by atoms with Crippen molar-refractivity contribution in [2.24, 2.45) is 5.41 Å². The highest BCUT2D eigenvalue weighted by Crippen LogP contribution is 2.41. The van der Waals surface area contributed by atoms with Crippen LogP contribution in [0.15, 0.2) is 78.0 Å². The summed E-state index contributed by atoms with van der Waals surface area (Å²) in [7, 11) is 0. The molecule has 0 amide bonds. The van der Waals surface area contributed by atoms with Gasteiger partial charge in [-0.3, -0.25) is 9.36 Å². The number of hydrogen-bond donors (Lipinski definition) is 1. The van der Waals surface area contributed by atoms with Gasteiger partial charge in [-0.05, 0) is 73.8 Å². The lowest BCUT2D eigenvalue weighted by Crippen LogP contribution is -2.67. The molecule has 1 saturated carbocycles. The fourth-order valence-corrected chi connectivity index (χ4v) is 5.81. The van der Waals surface area contributed by atoms with Crippen LogP contribution in [0, 0.1) is 11.2 Å². The second-order valence-electron chi connectivity index (χ2n) is 11.3. The van der Waals surface area contributed by atoms with Gasteiger partial charge in [0, 0.05) is 54.9 Å². The van der Waals surface area contributed by atoms with Crippen LogP contribution < -0.4 is 15.8 Å². The number of ether oxygens (including phenoxy) is 1. The zero-order valence-corrected chi connectivity index (χ0v) is 22.2. The van der Waals surface area contributed by atoms with Gasteiger partial charge in [-0.2, -0.15) is 0 Å². The predicted octanol–water partition coefficient (Wildman–Crippen LogP) is 3.74. The Morgan fingerprint density at radius 1 is 1.02 bits per heavy atom. The van der Waals surface area contributed by atoms with Crippen LogP contribution in [0.25, 0.3) is 17.1 Å². The number of aromatic nitrogens is 4. The predicted molar refractivity (Wildman–Crippen MR) is 150 cm³/mol. The van der Waals surface area contributed by atoms with Crippen LogP contribution in [-0.4, -0.2) is 58.4 Å². The molecule has 2 saturated heterocycles. The number of rotatable bonds is 9. The Labute approximate surface area is 231 Å². The minimum Gasteiger partial charge on any atom is -0.380 e. The molecule has 2 aliphatic heterocycles. The molecule has 204 valence electrons. The van der Waals surface area contributed by atoms with E-state index in [9.17, 15) is 9.18 Å². The topological polar surface area (TPSA) is 85.2 Å². The molecule has 2 atom stereocenters. The van der Waals surface area contributed by atoms with Gasteiger partial charge in [0.15, 0.2) is 11.6 Å². The van der Waals surface area contributed by atoms with E-state index in [0.29, 0.717) is 23.6 Å². The molecule has 7 rings (SSSR count). The van der Waals surface area contributed by atoms with Gasteiger partial charge in [0.25, 0.3) is 5.56 Å². The Balaban J connectivity index is 1.06. The number of benzene rings is 2. The minimum absolute atomic E-state index is 0.110. The second kappa shape index (κ2) is 10.2. The minimum atomic E-state index is -0.197. The average molecular weight is 539 g/mol. The Hall–Kier alpha value is -3.95. The summed E-state index contributed by atoms with van der Waals surface area (Å²) in [6, 6.07) is 16.8. The van der Waals surface area contributed by atoms with Crippen molar-refractivity contribution in [2.75, 3.05) is 37.7 Å². The van der Waals surface area contributed by atoms with E-state index >= 15 is 0 Å². The average Bonchev–Trinajstić information content (AvgIpc) is 3.71. The molecule has 1 N–H and O–H groups in total. The van der Waals surface area contributed by atoms with Crippen molar-refractivity contribution >= 4 is 5.82 Å². The van der Waals surface area contributed by atoms with Crippen molar-refractivity contribution in [3.05, 3.63) is 101 Å². The van der Waals surface area contributed by atoms with E-state index in [1.165, 1.54) is 17.7 Å². The molecule has 1 spiro atoms. The van der Waals surface area contributed by atoms with Gasteiger partial charge in [-0.25, -0.2) is 19.3 Å². The third kappa shape index (κ3) is 4.91. The van der Waals surface area contributed by atoms with Crippen molar-refractivity contribution in [2.45, 2.75) is 31.2 Å². The largest absolute Gasteiger partial charge is 0.380 e. The number of nitrogens with one attached hydrogen (secondary N) is 1. The summed E-state index contributed by atoms with van der Waals surface area (Å²) in [5.74, 6) is 1.41. The summed E-state index contributed by atoms with van der Waals surface area (Å²) in [5, 5.41) is 3.63. The molecular weight excluding hydrogens is 507 g/mol. The van der Waals surface area contributed by atoms with Crippen LogP contribution in [0.2, 0.25) is 0 Å². The van der Waals surface area contributed by atoms with E-state index in [2.05, 4.69) is 20.2 Å². The maximum absolute atomic E-state index is 13.6. The summed E-state index contributed by atoms with van der Waals surface area (Å²) >= 11 is 0. The maximum atomic E-state index is 13.6. The zero-order chi connectivity index (χ0) is 27.1. The van der Waals surface area contributed by atoms with Gasteiger partial charge < -0.3 is 15.0 Å². The van der Waals surface area contributed by atoms with Gasteiger partial charge in [0.2, 0.25) is 0 Å². The smallest absolute Gasteiger partial charge is 0.298 e. The van der Waals surface area contributed by atoms with E-state index < -0.39 is 0 Å². The number of nitrogens with zero attached hydrogens (tertiary/aromatic N) is 5. The van der Waals surface area contributed by atoms with Crippen molar-refractivity contribution in [1.82, 2.24) is 24.8 Å². The van der Waals surface area contributed by atoms with Gasteiger partial charge >= 0.3 is 0 Å². The molecule has 1 aliphatic carbocycles. The molecule has 2 aromatic carbocycles. The van der Waals surface area contributed by atoms with Crippen LogP contribution in [0.3, 0.4) is 0 Å². The first-order valence-electron chi connectivity index (χ1n) is 13.9. The van der Waals surface area contributed by atoms with E-state index in [0.717, 1.165) is 69.1 Å². The standard InChI is InChI=1S/C31H31FN6O2/c32-23-8-4-21(5-9-23)26-15-27(26)33-12-1-3-24-16-38(25-10-6-22(7-11-25)28-34-13-2-14-35-28)30(39)29(36-24)37-17-31(18-37)19-40-20-31/h2,4-11,13-14,16,26-27,33H,1,3,12,15,17-20H2/t26-,27+/m0/s1. The monoisotopic (exact) mass is 538 g/mol. The van der Waals surface area contributed by atoms with Crippen molar-refractivity contribution in [3.63, 3.8) is 0 Å². The van der Waals surface area contributed by atoms with Gasteiger partial charge in [0.1, 0.15) is 5.82 Å². The van der Waals surface area contributed by atoms with Crippen LogP contribution in [0.4, 0.5) is 10.2 Å². The molecule has 2 aromatic heterocycles. The van der Waals surface area contributed by atoms with Crippen LogP contribution in [0.5, 0.6) is 0 Å². The highest BCUT2D eigenvalue weighted by Gasteiger charge is 2.50. The Morgan fingerprint density at radius 3 is 2.48 bits per heavy atom. The lowest BCUT2D eigenvalue weighted by atomic mass is 9.78. The molecule has 3 aliphatic rings. The Morgan fingerprint density at radius 2 is 1.77 bits per heavy atom. The molecule has 8 nitrogen and oxygen atoms in total. The third-order valence-electron chi connectivity index (χ3n) is 8.18. The number of hydrogen-bond acceptors (Lipinski definition) is 7. The summed E-state index contributed by atoms with van der Waals surface area (Å²) in [5.41, 5.74) is 3.83. The quantitative estimate of drug-likeness (QED) is 0.325. The molecule has 0 bridgehead atoms. The first kappa shape index (κ1) is 25.0. The molecule has 4 heterocycles. The van der Waals surface area contributed by atoms with Gasteiger partial charge in [-0.1, -0.05) is 12.1 Å². The first-order valence-corrected chi connectivity index (χ1v) is 13.9. The summed E-state index contributed by atoms with van der Waals surface area (Å²) in [6.07, 6.45) is 8.04. The molecule has 0 unspecified atom stereocenters. The Bertz CT molecular complexity index is 1550. The molecule has 3 fully saturated rings. The normalized spacial score (nSPS) is 20.7. The van der Waals surface area contributed by atoms with Crippen molar-refractivity contribution < 1.29 is 9.13 Å². The van der Waals surface area contributed by atoms with E-state index in [-0.39, 0.29) is 16.8 Å². The first-order chi connectivity index (χ1) is 19.6. The van der Waals surface area contributed by atoms with Gasteiger partial charge in [0.05, 0.1) is 24.3 Å². The summed E-state index contributed by atoms with van der Waals surface area (Å²) in [4.78, 5) is 29.2. The SMILES string of the molecule is O=c1c(N2CC3(COC3)C2)nc(CCCN[C@@H]2C[C@H]2c2ccc(F)cc2)cn1-c1ccc(-c2ncccn2)cc1. The third-order valence-corrected chi connectivity index (χ3v) is 8.18. The van der Waals surface area contributed by atoms with Crippen molar-refractivity contribution in [3.8, 4) is 17.1 Å². The zero-order valence-electron chi connectivity index (χ0n) is 22.2. The van der Waals surface area contributed by atoms with E-state index in [1.54, 1.807) is 23.0 Å². The summed E-state index contributed by atoms with van der Waals surface area (Å²) < 4.78 is 20.4. The molecule has 9 heteroatoms. The maximum Gasteiger partial charge on any atom is 0.298 e. The van der Waals surface area contributed by atoms with Crippen molar-refractivity contribution in [1.29, 1.82) is 0 Å². The number of anilines is 1. The van der Waals surface area contributed by atoms with Gasteiger partial charge in [-0.15, -0.1) is 0 Å². The Kier molecular flexibility index (Phi) is 6.40. The fraction of sp³-hybridized carbons (Fsp3) is 0.355. The summed E-state index contributed by atoms with van der Waals surface area (Å²) in [6.45, 7) is 3.97. The lowest BCUT2D eigenvalue weighted by Gasteiger charge is -2.55. The van der Waals surface area contributed by atoms with Crippen LogP contribution >= 0.6 is 0 Å². The van der Waals surface area contributed by atoms with E-state index in [1.807, 2.05) is 42.6 Å². The highest BCUT2D eigenvalue weighted by molar-refractivity contribution is 5.57. The molecule has 0 radical (unpaired) electrons. The highest BCUT2D eigenvalue weighted by atomic mass is 19.1. The number of halogens is 1. The fourth-order valence-electron chi connectivity index (χ4n) is 5.81. The molecular formula is C31H31FN6O2. The second-order valence-corrected chi connectivity index (χ2v) is 11.3. The lowest BCUT2D eigenvalue weighted by molar-refractivity contribution is -0.127. The van der Waals surface area contributed by atoms with E-state index in [4.69, 9.17) is 9.72 Å². The number of aryl methyl sites for hydroxylation is 1. The van der Waals surface area contributed by atoms with Crippen LogP contribution in [-0.2, 0) is 11.2 Å².